The van der Waals surface area contributed by atoms with E-state index in [9.17, 15) is 35.9 Å². The van der Waals surface area contributed by atoms with Crippen LogP contribution in [0.2, 0.25) is 0 Å². The van der Waals surface area contributed by atoms with Crippen molar-refractivity contribution in [1.82, 2.24) is 9.97 Å². The SMILES string of the molecule is CCOC(=O)N1c2ccc(OC)cc2[C@@H](N(Cc2cc(C(F)(F)F)cc(C(F)(F)F)c2)c2ncc(OCCCC(=O)O)cn2)C[C@H]1CC. The molecule has 2 atom stereocenters. The molecule has 0 aliphatic carbocycles. The number of carboxylic acids is 1. The molecule has 2 heterocycles. The quantitative estimate of drug-likeness (QED) is 0.152. The maximum atomic E-state index is 13.8. The highest BCUT2D eigenvalue weighted by atomic mass is 19.4. The number of benzene rings is 2. The fourth-order valence-electron chi connectivity index (χ4n) is 5.49. The predicted molar refractivity (Wildman–Crippen MR) is 161 cm³/mol. The van der Waals surface area contributed by atoms with Crippen LogP contribution in [0, 0.1) is 0 Å². The van der Waals surface area contributed by atoms with Gasteiger partial charge < -0.3 is 24.2 Å². The van der Waals surface area contributed by atoms with Gasteiger partial charge in [-0.25, -0.2) is 14.8 Å². The number of hydrogen-bond donors (Lipinski definition) is 1. The molecule has 2 aromatic carbocycles. The van der Waals surface area contributed by atoms with Crippen LogP contribution in [0.3, 0.4) is 0 Å². The molecule has 0 fully saturated rings. The van der Waals surface area contributed by atoms with Gasteiger partial charge in [0.25, 0.3) is 0 Å². The number of methoxy groups -OCH3 is 1. The number of hydrogen-bond acceptors (Lipinski definition) is 8. The molecule has 0 unspecified atom stereocenters. The number of amides is 1. The number of carbonyl (C=O) groups excluding carboxylic acids is 1. The number of halogens is 6. The Balaban J connectivity index is 1.85. The molecule has 1 aliphatic heterocycles. The number of anilines is 2. The Kier molecular flexibility index (Phi) is 11.3. The van der Waals surface area contributed by atoms with Gasteiger partial charge in [-0.3, -0.25) is 9.69 Å². The Morgan fingerprint density at radius 2 is 1.62 bits per heavy atom. The highest BCUT2D eigenvalue weighted by Gasteiger charge is 2.41. The van der Waals surface area contributed by atoms with Crippen LogP contribution in [0.15, 0.2) is 48.8 Å². The molecule has 3 aromatic rings. The zero-order valence-corrected chi connectivity index (χ0v) is 26.3. The summed E-state index contributed by atoms with van der Waals surface area (Å²) in [5, 5.41) is 8.84. The second-order valence-electron chi connectivity index (χ2n) is 10.9. The summed E-state index contributed by atoms with van der Waals surface area (Å²) < 4.78 is 99.1. The number of rotatable bonds is 12. The van der Waals surface area contributed by atoms with Crippen molar-refractivity contribution in [3.05, 3.63) is 71.0 Å². The van der Waals surface area contributed by atoms with Crippen molar-refractivity contribution in [3.8, 4) is 11.5 Å². The summed E-state index contributed by atoms with van der Waals surface area (Å²) >= 11 is 0. The number of ether oxygens (including phenoxy) is 3. The Hall–Kier alpha value is -4.76. The monoisotopic (exact) mass is 684 g/mol. The topological polar surface area (TPSA) is 114 Å². The Morgan fingerprint density at radius 3 is 2.17 bits per heavy atom. The third-order valence-corrected chi connectivity index (χ3v) is 7.70. The summed E-state index contributed by atoms with van der Waals surface area (Å²) in [6, 6.07) is 5.02. The van der Waals surface area contributed by atoms with E-state index < -0.39 is 54.2 Å². The minimum atomic E-state index is -5.06. The third kappa shape index (κ3) is 8.58. The summed E-state index contributed by atoms with van der Waals surface area (Å²) in [6.45, 7) is 3.15. The molecule has 0 radical (unpaired) electrons. The summed E-state index contributed by atoms with van der Waals surface area (Å²) in [4.78, 5) is 35.6. The van der Waals surface area contributed by atoms with E-state index in [2.05, 4.69) is 9.97 Å². The molecule has 1 amide bonds. The molecular weight excluding hydrogens is 650 g/mol. The second kappa shape index (κ2) is 15.0. The first-order valence-electron chi connectivity index (χ1n) is 15.0. The van der Waals surface area contributed by atoms with Gasteiger partial charge in [0.2, 0.25) is 5.95 Å². The third-order valence-electron chi connectivity index (χ3n) is 7.70. The fourth-order valence-corrected chi connectivity index (χ4v) is 5.49. The summed E-state index contributed by atoms with van der Waals surface area (Å²) in [7, 11) is 1.43. The number of aliphatic carboxylic acids is 1. The first-order valence-corrected chi connectivity index (χ1v) is 15.0. The molecule has 0 spiro atoms. The van der Waals surface area contributed by atoms with E-state index in [1.54, 1.807) is 25.1 Å². The second-order valence-corrected chi connectivity index (χ2v) is 10.9. The van der Waals surface area contributed by atoms with Crippen molar-refractivity contribution < 1.29 is 55.2 Å². The van der Waals surface area contributed by atoms with E-state index in [1.807, 2.05) is 6.92 Å². The number of fused-ring (bicyclic) bond motifs is 1. The van der Waals surface area contributed by atoms with Crippen molar-refractivity contribution in [2.45, 2.75) is 70.5 Å². The van der Waals surface area contributed by atoms with E-state index in [1.165, 1.54) is 29.3 Å². The Labute approximate surface area is 272 Å². The molecule has 1 aliphatic rings. The van der Waals surface area contributed by atoms with Gasteiger partial charge in [-0.15, -0.1) is 0 Å². The number of aromatic nitrogens is 2. The van der Waals surface area contributed by atoms with E-state index in [-0.39, 0.29) is 55.8 Å². The normalized spacial score (nSPS) is 16.2. The lowest BCUT2D eigenvalue weighted by molar-refractivity contribution is -0.143. The first kappa shape index (κ1) is 36.1. The van der Waals surface area contributed by atoms with Crippen molar-refractivity contribution in [2.24, 2.45) is 0 Å². The maximum Gasteiger partial charge on any atom is 0.416 e. The van der Waals surface area contributed by atoms with Gasteiger partial charge in [0, 0.05) is 24.6 Å². The van der Waals surface area contributed by atoms with Crippen LogP contribution in [-0.2, 0) is 28.4 Å². The average Bonchev–Trinajstić information content (AvgIpc) is 3.04. The van der Waals surface area contributed by atoms with Crippen molar-refractivity contribution in [2.75, 3.05) is 30.1 Å². The lowest BCUT2D eigenvalue weighted by Crippen LogP contribution is -2.48. The molecule has 16 heteroatoms. The van der Waals surface area contributed by atoms with Crippen LogP contribution in [0.1, 0.15) is 67.8 Å². The summed E-state index contributed by atoms with van der Waals surface area (Å²) in [5.41, 5.74) is -2.35. The maximum absolute atomic E-state index is 13.8. The lowest BCUT2D eigenvalue weighted by atomic mass is 9.88. The van der Waals surface area contributed by atoms with Gasteiger partial charge in [0.1, 0.15) is 5.75 Å². The number of carbonyl (C=O) groups is 2. The van der Waals surface area contributed by atoms with Crippen molar-refractivity contribution >= 4 is 23.7 Å². The largest absolute Gasteiger partial charge is 0.497 e. The molecule has 4 rings (SSSR count). The zero-order valence-electron chi connectivity index (χ0n) is 26.3. The van der Waals surface area contributed by atoms with E-state index in [0.29, 0.717) is 35.6 Å². The van der Waals surface area contributed by atoms with Crippen molar-refractivity contribution in [1.29, 1.82) is 0 Å². The minimum absolute atomic E-state index is 0.0425. The van der Waals surface area contributed by atoms with E-state index >= 15 is 0 Å². The average molecular weight is 685 g/mol. The van der Waals surface area contributed by atoms with Crippen LogP contribution < -0.4 is 19.3 Å². The van der Waals surface area contributed by atoms with Crippen LogP contribution >= 0.6 is 0 Å². The van der Waals surface area contributed by atoms with Gasteiger partial charge in [0.15, 0.2) is 5.75 Å². The summed E-state index contributed by atoms with van der Waals surface area (Å²) in [6.07, 6.45) is -7.50. The smallest absolute Gasteiger partial charge is 0.416 e. The molecule has 0 bridgehead atoms. The molecule has 260 valence electrons. The fraction of sp³-hybridized carbons (Fsp3) is 0.438. The minimum Gasteiger partial charge on any atom is -0.497 e. The molecule has 1 N–H and O–H groups in total. The number of alkyl halides is 6. The van der Waals surface area contributed by atoms with E-state index in [4.69, 9.17) is 19.3 Å². The highest BCUT2D eigenvalue weighted by Crippen LogP contribution is 2.45. The first-order chi connectivity index (χ1) is 22.7. The molecule has 48 heavy (non-hydrogen) atoms. The molecule has 0 saturated carbocycles. The van der Waals surface area contributed by atoms with Gasteiger partial charge in [0.05, 0.1) is 55.6 Å². The van der Waals surface area contributed by atoms with Crippen LogP contribution in [0.25, 0.3) is 0 Å². The predicted octanol–water partition coefficient (Wildman–Crippen LogP) is 7.66. The van der Waals surface area contributed by atoms with Gasteiger partial charge in [-0.05, 0) is 68.1 Å². The van der Waals surface area contributed by atoms with Gasteiger partial charge in [-0.1, -0.05) is 6.92 Å². The molecule has 0 saturated heterocycles. The molecule has 10 nitrogen and oxygen atoms in total. The van der Waals surface area contributed by atoms with Crippen molar-refractivity contribution in [3.63, 3.8) is 0 Å². The Bertz CT molecular complexity index is 1550. The standard InChI is InChI=1S/C32H34F6N4O6/c1-4-22-14-27(25-15-23(46-3)8-9-26(25)42(22)30(45)47-5-2)41(29-39-16-24(17-40-29)48-10-6-7-28(43)44)18-19-11-20(31(33,34)35)13-21(12-19)32(36,37)38/h8-9,11-13,15-17,22,27H,4-7,10,14,18H2,1-3H3,(H,43,44)/t22-,27+/m1/s1. The van der Waals surface area contributed by atoms with Gasteiger partial charge >= 0.3 is 24.4 Å². The van der Waals surface area contributed by atoms with Gasteiger partial charge in [-0.2, -0.15) is 26.3 Å². The summed E-state index contributed by atoms with van der Waals surface area (Å²) in [5.74, 6) is -0.479. The molecular formula is C32H34F6N4O6. The highest BCUT2D eigenvalue weighted by molar-refractivity contribution is 5.90. The van der Waals surface area contributed by atoms with Crippen LogP contribution in [0.4, 0.5) is 42.8 Å². The Morgan fingerprint density at radius 1 is 0.979 bits per heavy atom. The molecule has 1 aromatic heterocycles. The van der Waals surface area contributed by atoms with Crippen LogP contribution in [0.5, 0.6) is 11.5 Å². The number of carboxylic acid groups (broad SMARTS) is 1. The van der Waals surface area contributed by atoms with Crippen LogP contribution in [-0.4, -0.2) is 53.5 Å². The lowest BCUT2D eigenvalue weighted by Gasteiger charge is -2.44. The van der Waals surface area contributed by atoms with E-state index in [0.717, 1.165) is 0 Å². The zero-order chi connectivity index (χ0) is 35.2. The number of nitrogens with zero attached hydrogens (tertiary/aromatic N) is 4.